The first-order valence-corrected chi connectivity index (χ1v) is 7.49. The molecular weight excluding hydrogens is 305 g/mol. The van der Waals surface area contributed by atoms with Gasteiger partial charge in [-0.05, 0) is 24.3 Å². The van der Waals surface area contributed by atoms with Gasteiger partial charge < -0.3 is 4.74 Å². The van der Waals surface area contributed by atoms with Crippen LogP contribution in [0.25, 0.3) is 0 Å². The maximum absolute atomic E-state index is 13.1. The predicted molar refractivity (Wildman–Crippen MR) is 73.6 cm³/mol. The van der Waals surface area contributed by atoms with Crippen molar-refractivity contribution in [3.8, 4) is 5.75 Å². The Bertz CT molecular complexity index is 734. The standard InChI is InChI=1S/C13H11ClFNO3S/c14-11-4-2-1-3-9(11)8-19-12-6-5-10(15)7-13(12)20(16,17)18/h1-7H,8H2,(H2,16,17,18). The Morgan fingerprint density at radius 3 is 2.55 bits per heavy atom. The third-order valence-electron chi connectivity index (χ3n) is 2.55. The quantitative estimate of drug-likeness (QED) is 0.943. The first-order valence-electron chi connectivity index (χ1n) is 5.56. The third-order valence-corrected chi connectivity index (χ3v) is 3.85. The molecule has 0 unspecified atom stereocenters. The molecule has 7 heteroatoms. The minimum atomic E-state index is -4.07. The molecule has 0 aliphatic carbocycles. The first-order chi connectivity index (χ1) is 9.38. The van der Waals surface area contributed by atoms with Gasteiger partial charge >= 0.3 is 0 Å². The van der Waals surface area contributed by atoms with E-state index in [1.54, 1.807) is 24.3 Å². The van der Waals surface area contributed by atoms with E-state index in [1.165, 1.54) is 6.07 Å². The maximum Gasteiger partial charge on any atom is 0.241 e. The van der Waals surface area contributed by atoms with Gasteiger partial charge in [0, 0.05) is 10.6 Å². The van der Waals surface area contributed by atoms with Gasteiger partial charge in [-0.25, -0.2) is 17.9 Å². The molecule has 2 N–H and O–H groups in total. The molecule has 106 valence electrons. The molecule has 0 radical (unpaired) electrons. The van der Waals surface area contributed by atoms with Gasteiger partial charge in [0.15, 0.2) is 0 Å². The number of halogens is 2. The topological polar surface area (TPSA) is 69.4 Å². The second-order valence-electron chi connectivity index (χ2n) is 4.02. The highest BCUT2D eigenvalue weighted by Crippen LogP contribution is 2.25. The fourth-order valence-electron chi connectivity index (χ4n) is 1.59. The van der Waals surface area contributed by atoms with Crippen LogP contribution in [-0.4, -0.2) is 8.42 Å². The lowest BCUT2D eigenvalue weighted by Gasteiger charge is -2.11. The van der Waals surface area contributed by atoms with Crippen molar-refractivity contribution in [3.63, 3.8) is 0 Å². The van der Waals surface area contributed by atoms with E-state index in [4.69, 9.17) is 21.5 Å². The molecule has 20 heavy (non-hydrogen) atoms. The zero-order valence-corrected chi connectivity index (χ0v) is 11.8. The van der Waals surface area contributed by atoms with E-state index >= 15 is 0 Å². The van der Waals surface area contributed by atoms with Crippen molar-refractivity contribution in [2.24, 2.45) is 5.14 Å². The van der Waals surface area contributed by atoms with E-state index in [9.17, 15) is 12.8 Å². The molecule has 0 atom stereocenters. The molecule has 2 rings (SSSR count). The van der Waals surface area contributed by atoms with Crippen LogP contribution >= 0.6 is 11.6 Å². The Kier molecular flexibility index (Phi) is 4.27. The van der Waals surface area contributed by atoms with Gasteiger partial charge in [-0.15, -0.1) is 0 Å². The summed E-state index contributed by atoms with van der Waals surface area (Å²) in [5.41, 5.74) is 0.680. The van der Waals surface area contributed by atoms with Gasteiger partial charge in [-0.1, -0.05) is 29.8 Å². The number of ether oxygens (including phenoxy) is 1. The summed E-state index contributed by atoms with van der Waals surface area (Å²) in [6.45, 7) is 0.0494. The molecule has 0 aromatic heterocycles. The molecule has 4 nitrogen and oxygen atoms in total. The van der Waals surface area contributed by atoms with Crippen molar-refractivity contribution in [2.75, 3.05) is 0 Å². The second kappa shape index (κ2) is 5.78. The Hall–Kier alpha value is -1.63. The summed E-state index contributed by atoms with van der Waals surface area (Å²) >= 11 is 5.96. The SMILES string of the molecule is NS(=O)(=O)c1cc(F)ccc1OCc1ccccc1Cl. The van der Waals surface area contributed by atoms with Gasteiger partial charge in [0.05, 0.1) is 0 Å². The predicted octanol–water partition coefficient (Wildman–Crippen LogP) is 2.71. The molecule has 0 amide bonds. The summed E-state index contributed by atoms with van der Waals surface area (Å²) in [5, 5.41) is 5.52. The highest BCUT2D eigenvalue weighted by atomic mass is 35.5. The smallest absolute Gasteiger partial charge is 0.241 e. The van der Waals surface area contributed by atoms with E-state index in [0.717, 1.165) is 12.1 Å². The molecule has 0 bridgehead atoms. The minimum absolute atomic E-state index is 0.0196. The van der Waals surface area contributed by atoms with Crippen LogP contribution in [0.4, 0.5) is 4.39 Å². The van der Waals surface area contributed by atoms with Crippen LogP contribution in [0, 0.1) is 5.82 Å². The lowest BCUT2D eigenvalue weighted by atomic mass is 10.2. The van der Waals surface area contributed by atoms with Crippen LogP contribution in [-0.2, 0) is 16.6 Å². The number of hydrogen-bond donors (Lipinski definition) is 1. The monoisotopic (exact) mass is 315 g/mol. The summed E-state index contributed by atoms with van der Waals surface area (Å²) in [7, 11) is -4.07. The van der Waals surface area contributed by atoms with E-state index < -0.39 is 20.7 Å². The Labute approximate surface area is 121 Å². The normalized spacial score (nSPS) is 11.3. The van der Waals surface area contributed by atoms with Crippen LogP contribution in [0.15, 0.2) is 47.4 Å². The molecule has 0 saturated carbocycles. The Morgan fingerprint density at radius 2 is 1.90 bits per heavy atom. The summed E-state index contributed by atoms with van der Waals surface area (Å²) < 4.78 is 41.3. The van der Waals surface area contributed by atoms with Crippen molar-refractivity contribution in [3.05, 3.63) is 58.9 Å². The lowest BCUT2D eigenvalue weighted by Crippen LogP contribution is -2.14. The van der Waals surface area contributed by atoms with Crippen molar-refractivity contribution in [1.82, 2.24) is 0 Å². The third kappa shape index (κ3) is 3.47. The zero-order chi connectivity index (χ0) is 14.8. The summed E-state index contributed by atoms with van der Waals surface area (Å²) in [6, 6.07) is 10.1. The summed E-state index contributed by atoms with van der Waals surface area (Å²) in [4.78, 5) is -0.399. The van der Waals surface area contributed by atoms with Crippen LogP contribution in [0.3, 0.4) is 0 Å². The van der Waals surface area contributed by atoms with Gasteiger partial charge in [0.2, 0.25) is 10.0 Å². The largest absolute Gasteiger partial charge is 0.487 e. The van der Waals surface area contributed by atoms with Gasteiger partial charge in [0.25, 0.3) is 0 Å². The van der Waals surface area contributed by atoms with Crippen LogP contribution < -0.4 is 9.88 Å². The highest BCUT2D eigenvalue weighted by molar-refractivity contribution is 7.89. The number of rotatable bonds is 4. The second-order valence-corrected chi connectivity index (χ2v) is 5.95. The van der Waals surface area contributed by atoms with Crippen LogP contribution in [0.5, 0.6) is 5.75 Å². The number of sulfonamides is 1. The average molecular weight is 316 g/mol. The highest BCUT2D eigenvalue weighted by Gasteiger charge is 2.16. The fraction of sp³-hybridized carbons (Fsp3) is 0.0769. The number of benzene rings is 2. The molecular formula is C13H11ClFNO3S. The molecule has 0 heterocycles. The average Bonchev–Trinajstić information content (AvgIpc) is 2.38. The van der Waals surface area contributed by atoms with Crippen molar-refractivity contribution >= 4 is 21.6 Å². The van der Waals surface area contributed by atoms with E-state index in [0.29, 0.717) is 10.6 Å². The molecule has 2 aromatic carbocycles. The Balaban J connectivity index is 2.29. The number of nitrogens with two attached hydrogens (primary N) is 1. The molecule has 0 spiro atoms. The van der Waals surface area contributed by atoms with Crippen LogP contribution in [0.2, 0.25) is 5.02 Å². The van der Waals surface area contributed by atoms with Gasteiger partial charge in [-0.3, -0.25) is 0 Å². The molecule has 2 aromatic rings. The van der Waals surface area contributed by atoms with E-state index in [2.05, 4.69) is 0 Å². The molecule has 0 fully saturated rings. The van der Waals surface area contributed by atoms with E-state index in [-0.39, 0.29) is 12.4 Å². The fourth-order valence-corrected chi connectivity index (χ4v) is 2.47. The first kappa shape index (κ1) is 14.8. The van der Waals surface area contributed by atoms with Crippen molar-refractivity contribution < 1.29 is 17.5 Å². The maximum atomic E-state index is 13.1. The lowest BCUT2D eigenvalue weighted by molar-refractivity contribution is 0.297. The zero-order valence-electron chi connectivity index (χ0n) is 10.2. The minimum Gasteiger partial charge on any atom is -0.487 e. The number of hydrogen-bond acceptors (Lipinski definition) is 3. The summed E-state index contributed by atoms with van der Waals surface area (Å²) in [6.07, 6.45) is 0. The molecule has 0 aliphatic heterocycles. The van der Waals surface area contributed by atoms with Gasteiger partial charge in [0.1, 0.15) is 23.1 Å². The van der Waals surface area contributed by atoms with Gasteiger partial charge in [-0.2, -0.15) is 0 Å². The van der Waals surface area contributed by atoms with Crippen molar-refractivity contribution in [2.45, 2.75) is 11.5 Å². The molecule has 0 saturated heterocycles. The summed E-state index contributed by atoms with van der Waals surface area (Å²) in [5.74, 6) is -0.729. The van der Waals surface area contributed by atoms with Crippen LogP contribution in [0.1, 0.15) is 5.56 Å². The van der Waals surface area contributed by atoms with E-state index in [1.807, 2.05) is 0 Å². The van der Waals surface area contributed by atoms with Crippen molar-refractivity contribution in [1.29, 1.82) is 0 Å². The Morgan fingerprint density at radius 1 is 1.20 bits per heavy atom. The number of primary sulfonamides is 1. The molecule has 0 aliphatic rings.